The van der Waals surface area contributed by atoms with Crippen LogP contribution in [0.5, 0.6) is 11.5 Å². The molecule has 1 amide bonds. The van der Waals surface area contributed by atoms with E-state index in [0.29, 0.717) is 5.56 Å². The molecule has 0 heterocycles. The number of nitrogens with one attached hydrogen (secondary N) is 1. The van der Waals surface area contributed by atoms with Crippen LogP contribution in [0.25, 0.3) is 6.08 Å². The molecule has 1 aromatic carbocycles. The average Bonchev–Trinajstić information content (AvgIpc) is 3.13. The normalized spacial score (nSPS) is 15.7. The van der Waals surface area contributed by atoms with Crippen molar-refractivity contribution in [2.45, 2.75) is 51.4 Å². The molecule has 2 rings (SSSR count). The summed E-state index contributed by atoms with van der Waals surface area (Å²) in [5, 5.41) is 2.86. The van der Waals surface area contributed by atoms with Crippen LogP contribution in [0.1, 0.15) is 38.2 Å². The van der Waals surface area contributed by atoms with Crippen molar-refractivity contribution in [1.29, 1.82) is 0 Å². The lowest BCUT2D eigenvalue weighted by Gasteiger charge is -2.16. The summed E-state index contributed by atoms with van der Waals surface area (Å²) in [6.45, 7) is -1.46. The predicted octanol–water partition coefficient (Wildman–Crippen LogP) is 3.30. The van der Waals surface area contributed by atoms with Gasteiger partial charge in [0.1, 0.15) is 0 Å². The highest BCUT2D eigenvalue weighted by atomic mass is 19.3. The lowest BCUT2D eigenvalue weighted by Crippen LogP contribution is -2.40. The summed E-state index contributed by atoms with van der Waals surface area (Å²) in [6.07, 6.45) is 5.75. The van der Waals surface area contributed by atoms with E-state index in [9.17, 15) is 18.4 Å². The number of esters is 1. The van der Waals surface area contributed by atoms with Crippen LogP contribution in [-0.2, 0) is 14.3 Å². The minimum absolute atomic E-state index is 0.107. The summed E-state index contributed by atoms with van der Waals surface area (Å²) in [5.41, 5.74) is 0.522. The molecule has 0 aliphatic heterocycles. The van der Waals surface area contributed by atoms with Crippen LogP contribution >= 0.6 is 0 Å². The maximum absolute atomic E-state index is 12.3. The number of carbonyl (C=O) groups is 2. The molecule has 1 aliphatic carbocycles. The Labute approximate surface area is 156 Å². The van der Waals surface area contributed by atoms with Crippen LogP contribution < -0.4 is 14.8 Å². The first-order valence-electron chi connectivity index (χ1n) is 8.71. The highest BCUT2D eigenvalue weighted by molar-refractivity contribution is 5.90. The van der Waals surface area contributed by atoms with E-state index in [1.165, 1.54) is 38.3 Å². The Hall–Kier alpha value is -2.64. The van der Waals surface area contributed by atoms with Gasteiger partial charge < -0.3 is 19.5 Å². The van der Waals surface area contributed by atoms with E-state index in [4.69, 9.17) is 9.47 Å². The Balaban J connectivity index is 1.90. The van der Waals surface area contributed by atoms with Crippen molar-refractivity contribution >= 4 is 18.0 Å². The van der Waals surface area contributed by atoms with E-state index in [2.05, 4.69) is 10.1 Å². The van der Waals surface area contributed by atoms with Gasteiger partial charge >= 0.3 is 12.6 Å². The Morgan fingerprint density at radius 3 is 2.56 bits per heavy atom. The standard InChI is InChI=1S/C19H23F2NO5/c1-12(18(24)22-14-5-3-4-6-14)26-17(23)10-8-13-7-9-15(27-19(20)21)16(11-13)25-2/h7-12,14,19H,3-6H2,1-2H3,(H,22,24). The monoisotopic (exact) mass is 383 g/mol. The average molecular weight is 383 g/mol. The molecule has 6 nitrogen and oxygen atoms in total. The molecule has 27 heavy (non-hydrogen) atoms. The minimum atomic E-state index is -2.97. The Bertz CT molecular complexity index is 687. The number of rotatable bonds is 8. The molecule has 0 bridgehead atoms. The maximum Gasteiger partial charge on any atom is 0.387 e. The smallest absolute Gasteiger partial charge is 0.387 e. The fourth-order valence-corrected chi connectivity index (χ4v) is 2.80. The summed E-state index contributed by atoms with van der Waals surface area (Å²) in [4.78, 5) is 23.9. The molecule has 1 N–H and O–H groups in total. The van der Waals surface area contributed by atoms with Crippen LogP contribution in [0.4, 0.5) is 8.78 Å². The van der Waals surface area contributed by atoms with Gasteiger partial charge in [-0.15, -0.1) is 0 Å². The molecule has 0 radical (unpaired) electrons. The molecular formula is C19H23F2NO5. The zero-order valence-electron chi connectivity index (χ0n) is 15.2. The molecule has 8 heteroatoms. The van der Waals surface area contributed by atoms with Gasteiger partial charge in [0.2, 0.25) is 0 Å². The fraction of sp³-hybridized carbons (Fsp3) is 0.474. The first-order chi connectivity index (χ1) is 12.9. The van der Waals surface area contributed by atoms with E-state index in [1.807, 2.05) is 0 Å². The summed E-state index contributed by atoms with van der Waals surface area (Å²) in [7, 11) is 1.32. The first kappa shape index (κ1) is 20.7. The van der Waals surface area contributed by atoms with Crippen molar-refractivity contribution in [3.05, 3.63) is 29.8 Å². The second kappa shape index (κ2) is 9.89. The van der Waals surface area contributed by atoms with Gasteiger partial charge in [-0.25, -0.2) is 4.79 Å². The number of methoxy groups -OCH3 is 1. The quantitative estimate of drug-likeness (QED) is 0.551. The van der Waals surface area contributed by atoms with Crippen molar-refractivity contribution in [2.75, 3.05) is 7.11 Å². The third-order valence-corrected chi connectivity index (χ3v) is 4.18. The molecular weight excluding hydrogens is 360 g/mol. The Morgan fingerprint density at radius 1 is 1.22 bits per heavy atom. The van der Waals surface area contributed by atoms with Crippen LogP contribution in [0, 0.1) is 0 Å². The number of ether oxygens (including phenoxy) is 3. The summed E-state index contributed by atoms with van der Waals surface area (Å²) in [6, 6.07) is 4.39. The van der Waals surface area contributed by atoms with Gasteiger partial charge in [-0.3, -0.25) is 4.79 Å². The summed E-state index contributed by atoms with van der Waals surface area (Å²) in [5.74, 6) is -1.01. The van der Waals surface area contributed by atoms with Gasteiger partial charge in [0.05, 0.1) is 7.11 Å². The number of alkyl halides is 2. The highest BCUT2D eigenvalue weighted by Crippen LogP contribution is 2.29. The van der Waals surface area contributed by atoms with Gasteiger partial charge in [-0.2, -0.15) is 8.78 Å². The SMILES string of the molecule is COc1cc(C=CC(=O)OC(C)C(=O)NC2CCCC2)ccc1OC(F)F. The third-order valence-electron chi connectivity index (χ3n) is 4.18. The van der Waals surface area contributed by atoms with Crippen molar-refractivity contribution in [3.63, 3.8) is 0 Å². The predicted molar refractivity (Wildman–Crippen MR) is 94.6 cm³/mol. The second-order valence-electron chi connectivity index (χ2n) is 6.19. The molecule has 0 spiro atoms. The van der Waals surface area contributed by atoms with Crippen molar-refractivity contribution < 1.29 is 32.6 Å². The van der Waals surface area contributed by atoms with Gasteiger partial charge in [0.25, 0.3) is 5.91 Å². The number of carbonyl (C=O) groups excluding carboxylic acids is 2. The van der Waals surface area contributed by atoms with Gasteiger partial charge in [0, 0.05) is 12.1 Å². The second-order valence-corrected chi connectivity index (χ2v) is 6.19. The number of hydrogen-bond acceptors (Lipinski definition) is 5. The van der Waals surface area contributed by atoms with Gasteiger partial charge in [0.15, 0.2) is 17.6 Å². The molecule has 1 fully saturated rings. The molecule has 148 valence electrons. The van der Waals surface area contributed by atoms with E-state index < -0.39 is 18.7 Å². The van der Waals surface area contributed by atoms with Crippen molar-refractivity contribution in [2.24, 2.45) is 0 Å². The summed E-state index contributed by atoms with van der Waals surface area (Å²) >= 11 is 0. The topological polar surface area (TPSA) is 73.9 Å². The van der Waals surface area contributed by atoms with E-state index in [1.54, 1.807) is 0 Å². The number of amides is 1. The largest absolute Gasteiger partial charge is 0.493 e. The Morgan fingerprint density at radius 2 is 1.93 bits per heavy atom. The molecule has 0 aromatic heterocycles. The summed E-state index contributed by atoms with van der Waals surface area (Å²) < 4.78 is 39.0. The molecule has 0 saturated heterocycles. The molecule has 1 unspecified atom stereocenters. The third kappa shape index (κ3) is 6.54. The first-order valence-corrected chi connectivity index (χ1v) is 8.71. The molecule has 1 aliphatic rings. The van der Waals surface area contributed by atoms with Gasteiger partial charge in [-0.1, -0.05) is 18.9 Å². The molecule has 1 saturated carbocycles. The molecule has 1 atom stereocenters. The van der Waals surface area contributed by atoms with Gasteiger partial charge in [-0.05, 0) is 43.5 Å². The minimum Gasteiger partial charge on any atom is -0.493 e. The maximum atomic E-state index is 12.3. The van der Waals surface area contributed by atoms with Crippen LogP contribution in [0.2, 0.25) is 0 Å². The van der Waals surface area contributed by atoms with Crippen molar-refractivity contribution in [1.82, 2.24) is 5.32 Å². The Kier molecular flexibility index (Phi) is 7.57. The zero-order valence-corrected chi connectivity index (χ0v) is 15.2. The van der Waals surface area contributed by atoms with Crippen molar-refractivity contribution in [3.8, 4) is 11.5 Å². The number of hydrogen-bond donors (Lipinski definition) is 1. The fourth-order valence-electron chi connectivity index (χ4n) is 2.80. The lowest BCUT2D eigenvalue weighted by atomic mass is 10.2. The zero-order chi connectivity index (χ0) is 19.8. The van der Waals surface area contributed by atoms with E-state index in [-0.39, 0.29) is 23.4 Å². The lowest BCUT2D eigenvalue weighted by molar-refractivity contribution is -0.150. The number of benzene rings is 1. The molecule has 1 aromatic rings. The van der Waals surface area contributed by atoms with E-state index in [0.717, 1.165) is 31.8 Å². The van der Waals surface area contributed by atoms with Crippen LogP contribution in [0.15, 0.2) is 24.3 Å². The highest BCUT2D eigenvalue weighted by Gasteiger charge is 2.22. The van der Waals surface area contributed by atoms with Crippen LogP contribution in [-0.4, -0.2) is 37.7 Å². The van der Waals surface area contributed by atoms with E-state index >= 15 is 0 Å². The number of halogens is 2. The van der Waals surface area contributed by atoms with Crippen LogP contribution in [0.3, 0.4) is 0 Å².